The minimum absolute atomic E-state index is 0.120. The fourth-order valence-electron chi connectivity index (χ4n) is 2.71. The van der Waals surface area contributed by atoms with Gasteiger partial charge in [0.2, 0.25) is 0 Å². The van der Waals surface area contributed by atoms with Crippen LogP contribution in [-0.2, 0) is 18.3 Å². The monoisotopic (exact) mass is 316 g/mol. The van der Waals surface area contributed by atoms with Gasteiger partial charge in [-0.1, -0.05) is 5.16 Å². The van der Waals surface area contributed by atoms with E-state index in [9.17, 15) is 4.79 Å². The SMILES string of the molecule is Cn1ccn2ncc(C(=O)NCc3noc([C@@H]4CCCO4)n3)c12. The zero-order chi connectivity index (χ0) is 15.8. The van der Waals surface area contributed by atoms with E-state index in [0.717, 1.165) is 18.5 Å². The van der Waals surface area contributed by atoms with Gasteiger partial charge in [0.1, 0.15) is 17.3 Å². The summed E-state index contributed by atoms with van der Waals surface area (Å²) in [5.41, 5.74) is 1.23. The fraction of sp³-hybridized carbons (Fsp3) is 0.429. The molecule has 4 rings (SSSR count). The number of hydrogen-bond acceptors (Lipinski definition) is 6. The number of aromatic nitrogens is 5. The molecule has 0 aliphatic carbocycles. The average Bonchev–Trinajstić information content (AvgIpc) is 3.31. The van der Waals surface area contributed by atoms with Crippen molar-refractivity contribution in [3.8, 4) is 0 Å². The smallest absolute Gasteiger partial charge is 0.257 e. The van der Waals surface area contributed by atoms with Crippen molar-refractivity contribution in [2.24, 2.45) is 7.05 Å². The third kappa shape index (κ3) is 2.48. The van der Waals surface area contributed by atoms with E-state index in [1.807, 2.05) is 17.8 Å². The zero-order valence-electron chi connectivity index (χ0n) is 12.6. The number of hydrogen-bond donors (Lipinski definition) is 1. The van der Waals surface area contributed by atoms with E-state index in [0.29, 0.717) is 23.9 Å². The maximum Gasteiger partial charge on any atom is 0.257 e. The standard InChI is InChI=1S/C14H16N6O3/c1-19-4-5-20-14(19)9(7-16-20)12(21)15-8-11-17-13(23-18-11)10-3-2-6-22-10/h4-5,7,10H,2-3,6,8H2,1H3,(H,15,21)/t10-/m0/s1. The lowest BCUT2D eigenvalue weighted by molar-refractivity contribution is 0.0835. The molecule has 3 aromatic rings. The molecule has 9 nitrogen and oxygen atoms in total. The normalized spacial score (nSPS) is 17.9. The molecule has 4 heterocycles. The van der Waals surface area contributed by atoms with Gasteiger partial charge in [0.25, 0.3) is 11.8 Å². The number of aryl methyl sites for hydroxylation is 1. The second kappa shape index (κ2) is 5.51. The van der Waals surface area contributed by atoms with E-state index in [2.05, 4.69) is 20.6 Å². The van der Waals surface area contributed by atoms with Crippen molar-refractivity contribution in [2.45, 2.75) is 25.5 Å². The summed E-state index contributed by atoms with van der Waals surface area (Å²) in [5, 5.41) is 10.8. The molecular weight excluding hydrogens is 300 g/mol. The highest BCUT2D eigenvalue weighted by Gasteiger charge is 2.24. The number of fused-ring (bicyclic) bond motifs is 1. The minimum atomic E-state index is -0.231. The second-order valence-electron chi connectivity index (χ2n) is 5.47. The topological polar surface area (TPSA) is 99.5 Å². The number of ether oxygens (including phenoxy) is 1. The van der Waals surface area contributed by atoms with Crippen molar-refractivity contribution in [1.29, 1.82) is 0 Å². The number of rotatable bonds is 4. The maximum absolute atomic E-state index is 12.3. The summed E-state index contributed by atoms with van der Waals surface area (Å²) in [6.07, 6.45) is 6.93. The van der Waals surface area contributed by atoms with Crippen LogP contribution in [0.25, 0.3) is 5.65 Å². The molecule has 9 heteroatoms. The lowest BCUT2D eigenvalue weighted by Crippen LogP contribution is -2.23. The molecule has 0 unspecified atom stereocenters. The van der Waals surface area contributed by atoms with Crippen LogP contribution in [-0.4, -0.2) is 36.8 Å². The average molecular weight is 316 g/mol. The molecule has 1 fully saturated rings. The van der Waals surface area contributed by atoms with Crippen molar-refractivity contribution in [3.05, 3.63) is 35.9 Å². The summed E-state index contributed by atoms with van der Waals surface area (Å²) in [4.78, 5) is 16.6. The van der Waals surface area contributed by atoms with E-state index in [1.54, 1.807) is 16.9 Å². The van der Waals surface area contributed by atoms with Crippen LogP contribution in [0.1, 0.15) is 41.0 Å². The van der Waals surface area contributed by atoms with Gasteiger partial charge >= 0.3 is 0 Å². The lowest BCUT2D eigenvalue weighted by atomic mass is 10.2. The van der Waals surface area contributed by atoms with Crippen LogP contribution in [0.3, 0.4) is 0 Å². The van der Waals surface area contributed by atoms with Gasteiger partial charge in [-0.3, -0.25) is 4.79 Å². The van der Waals surface area contributed by atoms with Crippen LogP contribution in [0.5, 0.6) is 0 Å². The zero-order valence-corrected chi connectivity index (χ0v) is 12.6. The van der Waals surface area contributed by atoms with E-state index < -0.39 is 0 Å². The summed E-state index contributed by atoms with van der Waals surface area (Å²) in [6, 6.07) is 0. The molecule has 0 spiro atoms. The molecule has 1 atom stereocenters. The number of carbonyl (C=O) groups excluding carboxylic acids is 1. The van der Waals surface area contributed by atoms with Gasteiger partial charge in [0.05, 0.1) is 12.7 Å². The number of nitrogens with zero attached hydrogens (tertiary/aromatic N) is 5. The van der Waals surface area contributed by atoms with Gasteiger partial charge in [0, 0.05) is 26.0 Å². The van der Waals surface area contributed by atoms with Crippen molar-refractivity contribution >= 4 is 11.6 Å². The Morgan fingerprint density at radius 1 is 1.48 bits per heavy atom. The first-order valence-corrected chi connectivity index (χ1v) is 7.43. The number of amides is 1. The highest BCUT2D eigenvalue weighted by Crippen LogP contribution is 2.26. The third-order valence-electron chi connectivity index (χ3n) is 3.88. The Balaban J connectivity index is 1.44. The quantitative estimate of drug-likeness (QED) is 0.765. The molecule has 0 aromatic carbocycles. The number of nitrogens with one attached hydrogen (secondary N) is 1. The van der Waals surface area contributed by atoms with E-state index in [-0.39, 0.29) is 18.6 Å². The predicted molar refractivity (Wildman–Crippen MR) is 77.6 cm³/mol. The minimum Gasteiger partial charge on any atom is -0.368 e. The summed E-state index contributed by atoms with van der Waals surface area (Å²) < 4.78 is 14.2. The summed E-state index contributed by atoms with van der Waals surface area (Å²) in [5.74, 6) is 0.673. The van der Waals surface area contributed by atoms with Gasteiger partial charge in [-0.2, -0.15) is 10.1 Å². The van der Waals surface area contributed by atoms with Crippen LogP contribution in [0.4, 0.5) is 0 Å². The molecular formula is C14H16N6O3. The number of imidazole rings is 1. The van der Waals surface area contributed by atoms with Crippen molar-refractivity contribution in [3.63, 3.8) is 0 Å². The van der Waals surface area contributed by atoms with Gasteiger partial charge in [0.15, 0.2) is 5.82 Å². The molecule has 1 aliphatic heterocycles. The Kier molecular flexibility index (Phi) is 3.34. The summed E-state index contributed by atoms with van der Waals surface area (Å²) in [6.45, 7) is 0.907. The van der Waals surface area contributed by atoms with Gasteiger partial charge < -0.3 is 19.1 Å². The van der Waals surface area contributed by atoms with Crippen molar-refractivity contribution in [2.75, 3.05) is 6.61 Å². The largest absolute Gasteiger partial charge is 0.368 e. The lowest BCUT2D eigenvalue weighted by Gasteiger charge is -2.02. The van der Waals surface area contributed by atoms with Crippen LogP contribution in [0, 0.1) is 0 Å². The summed E-state index contributed by atoms with van der Waals surface area (Å²) in [7, 11) is 1.86. The summed E-state index contributed by atoms with van der Waals surface area (Å²) >= 11 is 0. The molecule has 0 bridgehead atoms. The highest BCUT2D eigenvalue weighted by atomic mass is 16.5. The van der Waals surface area contributed by atoms with Gasteiger partial charge in [-0.25, -0.2) is 4.52 Å². The molecule has 0 radical (unpaired) electrons. The Morgan fingerprint density at radius 2 is 2.39 bits per heavy atom. The molecule has 1 amide bonds. The van der Waals surface area contributed by atoms with Crippen LogP contribution < -0.4 is 5.32 Å². The first-order valence-electron chi connectivity index (χ1n) is 7.43. The van der Waals surface area contributed by atoms with E-state index >= 15 is 0 Å². The first kappa shape index (κ1) is 13.9. The second-order valence-corrected chi connectivity index (χ2v) is 5.47. The Labute approximate surface area is 131 Å². The Hall–Kier alpha value is -2.68. The Bertz CT molecular complexity index is 842. The molecule has 3 aromatic heterocycles. The van der Waals surface area contributed by atoms with Crippen molar-refractivity contribution < 1.29 is 14.1 Å². The molecule has 23 heavy (non-hydrogen) atoms. The van der Waals surface area contributed by atoms with Crippen LogP contribution >= 0.6 is 0 Å². The van der Waals surface area contributed by atoms with Crippen molar-refractivity contribution in [1.82, 2.24) is 29.6 Å². The van der Waals surface area contributed by atoms with Crippen LogP contribution in [0.15, 0.2) is 23.1 Å². The maximum atomic E-state index is 12.3. The van der Waals surface area contributed by atoms with E-state index in [1.165, 1.54) is 0 Å². The third-order valence-corrected chi connectivity index (χ3v) is 3.88. The molecule has 120 valence electrons. The predicted octanol–water partition coefficient (Wildman–Crippen LogP) is 0.837. The molecule has 1 N–H and O–H groups in total. The fourth-order valence-corrected chi connectivity index (χ4v) is 2.71. The van der Waals surface area contributed by atoms with Gasteiger partial charge in [-0.05, 0) is 12.8 Å². The van der Waals surface area contributed by atoms with Crippen LogP contribution in [0.2, 0.25) is 0 Å². The molecule has 1 aliphatic rings. The molecule has 0 saturated carbocycles. The van der Waals surface area contributed by atoms with Gasteiger partial charge in [-0.15, -0.1) is 0 Å². The Morgan fingerprint density at radius 3 is 3.22 bits per heavy atom. The first-order chi connectivity index (χ1) is 11.2. The molecule has 1 saturated heterocycles. The number of carbonyl (C=O) groups is 1. The van der Waals surface area contributed by atoms with E-state index in [4.69, 9.17) is 9.26 Å². The highest BCUT2D eigenvalue weighted by molar-refractivity contribution is 5.99.